The number of halogens is 2. The van der Waals surface area contributed by atoms with E-state index in [0.29, 0.717) is 23.7 Å². The molecule has 0 bridgehead atoms. The van der Waals surface area contributed by atoms with E-state index in [9.17, 15) is 0 Å². The van der Waals surface area contributed by atoms with Gasteiger partial charge in [-0.15, -0.1) is 0 Å². The molecular formula is C37H47Br2NNiP2. The quantitative estimate of drug-likeness (QED) is 0.114. The molecule has 0 unspecified atom stereocenters. The monoisotopic (exact) mass is 783 g/mol. The van der Waals surface area contributed by atoms with Crippen LogP contribution in [0, 0.1) is 0 Å². The third-order valence-electron chi connectivity index (χ3n) is 7.73. The maximum absolute atomic E-state index is 3.00. The first-order valence-corrected chi connectivity index (χ1v) is 22.5. The van der Waals surface area contributed by atoms with Crippen molar-refractivity contribution in [2.24, 2.45) is 0 Å². The van der Waals surface area contributed by atoms with E-state index in [2.05, 4.69) is 192 Å². The van der Waals surface area contributed by atoms with Gasteiger partial charge in [0.05, 0.1) is 0 Å². The van der Waals surface area contributed by atoms with Gasteiger partial charge in [-0.3, -0.25) is 0 Å². The first-order chi connectivity index (χ1) is 20.5. The van der Waals surface area contributed by atoms with Crippen LogP contribution < -0.4 is 21.2 Å². The summed E-state index contributed by atoms with van der Waals surface area (Å²) in [6, 6.07) is 36.9. The van der Waals surface area contributed by atoms with E-state index in [1.54, 1.807) is 0 Å². The molecule has 234 valence electrons. The third-order valence-corrected chi connectivity index (χ3v) is 13.4. The average Bonchev–Trinajstić information content (AvgIpc) is 2.98. The van der Waals surface area contributed by atoms with Crippen LogP contribution in [0.15, 0.2) is 97.1 Å². The summed E-state index contributed by atoms with van der Waals surface area (Å²) in [4.78, 5) is 0. The first kappa shape index (κ1) is 36.6. The molecule has 0 saturated heterocycles. The molecule has 0 aliphatic carbocycles. The zero-order valence-corrected chi connectivity index (χ0v) is 32.9. The predicted molar refractivity (Wildman–Crippen MR) is 200 cm³/mol. The molecule has 43 heavy (non-hydrogen) atoms. The van der Waals surface area contributed by atoms with Gasteiger partial charge in [0.25, 0.3) is 0 Å². The molecule has 0 saturated carbocycles. The molecule has 0 amide bonds. The van der Waals surface area contributed by atoms with Crippen LogP contribution >= 0.6 is 44.6 Å². The van der Waals surface area contributed by atoms with Crippen molar-refractivity contribution in [3.8, 4) is 0 Å². The van der Waals surface area contributed by atoms with Crippen molar-refractivity contribution in [1.29, 1.82) is 0 Å². The molecule has 4 aromatic carbocycles. The Balaban J connectivity index is 0.00000162. The topological polar surface area (TPSA) is 3.24 Å². The molecule has 0 N–H and O–H groups in total. The van der Waals surface area contributed by atoms with E-state index in [0.717, 1.165) is 0 Å². The van der Waals surface area contributed by atoms with Crippen molar-refractivity contribution in [3.05, 3.63) is 119 Å². The fourth-order valence-electron chi connectivity index (χ4n) is 5.65. The summed E-state index contributed by atoms with van der Waals surface area (Å²) in [6.45, 7) is 18.7. The van der Waals surface area contributed by atoms with Crippen LogP contribution in [0.2, 0.25) is 0 Å². The van der Waals surface area contributed by atoms with Crippen molar-refractivity contribution in [1.82, 2.24) is 4.44 Å². The van der Waals surface area contributed by atoms with Crippen LogP contribution in [0.25, 0.3) is 0 Å². The molecule has 4 aromatic rings. The van der Waals surface area contributed by atoms with Crippen LogP contribution in [0.5, 0.6) is 0 Å². The average molecular weight is 786 g/mol. The molecule has 0 fully saturated rings. The van der Waals surface area contributed by atoms with Gasteiger partial charge in [-0.25, -0.2) is 4.44 Å². The number of nitrogens with zero attached hydrogens (tertiary/aromatic N) is 1. The maximum atomic E-state index is 3.00. The predicted octanol–water partition coefficient (Wildman–Crippen LogP) is 11.2. The van der Waals surface area contributed by atoms with E-state index in [-0.39, 0.29) is 0 Å². The summed E-state index contributed by atoms with van der Waals surface area (Å²) in [7, 11) is 2.05. The van der Waals surface area contributed by atoms with Crippen molar-refractivity contribution >= 4 is 65.8 Å². The van der Waals surface area contributed by atoms with E-state index >= 15 is 0 Å². The second kappa shape index (κ2) is 17.7. The summed E-state index contributed by atoms with van der Waals surface area (Å²) in [5, 5.41) is 5.94. The van der Waals surface area contributed by atoms with E-state index in [1.165, 1.54) is 54.4 Å². The minimum atomic E-state index is -0.806. The molecule has 0 aromatic heterocycles. The Labute approximate surface area is 284 Å². The van der Waals surface area contributed by atoms with Crippen LogP contribution in [-0.4, -0.2) is 11.5 Å². The Morgan fingerprint density at radius 2 is 0.628 bits per heavy atom. The van der Waals surface area contributed by atoms with Gasteiger partial charge in [-0.1, -0.05) is 152 Å². The molecule has 6 heteroatoms. The normalized spacial score (nSPS) is 11.9. The van der Waals surface area contributed by atoms with Crippen molar-refractivity contribution < 1.29 is 10.9 Å². The molecule has 0 spiro atoms. The van der Waals surface area contributed by atoms with Crippen LogP contribution in [-0.2, 0) is 10.9 Å². The Kier molecular flexibility index (Phi) is 15.1. The number of benzene rings is 4. The number of hydrogen-bond donors (Lipinski definition) is 0. The molecule has 4 rings (SSSR count). The first-order valence-electron chi connectivity index (χ1n) is 15.1. The zero-order valence-electron chi connectivity index (χ0n) is 27.0. The second-order valence-electron chi connectivity index (χ2n) is 12.0. The van der Waals surface area contributed by atoms with Crippen LogP contribution in [0.1, 0.15) is 101 Å². The molecule has 1 nitrogen and oxygen atoms in total. The summed E-state index contributed by atoms with van der Waals surface area (Å²) in [5.41, 5.74) is 5.85. The van der Waals surface area contributed by atoms with E-state index in [1.807, 2.05) is 0 Å². The minimum absolute atomic E-state index is 0.456. The zero-order chi connectivity index (χ0) is 31.7. The Morgan fingerprint density at radius 3 is 0.814 bits per heavy atom. The second-order valence-corrected chi connectivity index (χ2v) is 21.7. The van der Waals surface area contributed by atoms with Crippen LogP contribution in [0.4, 0.5) is 0 Å². The van der Waals surface area contributed by atoms with Crippen molar-refractivity contribution in [2.45, 2.75) is 79.1 Å². The molecule has 0 atom stereocenters. The van der Waals surface area contributed by atoms with Gasteiger partial charge in [-0.05, 0) is 74.2 Å². The summed E-state index contributed by atoms with van der Waals surface area (Å²) in [5.74, 6) is 1.83. The van der Waals surface area contributed by atoms with Gasteiger partial charge < -0.3 is 0 Å². The van der Waals surface area contributed by atoms with Gasteiger partial charge in [0.2, 0.25) is 0 Å². The van der Waals surface area contributed by atoms with E-state index in [4.69, 9.17) is 0 Å². The Hall–Kier alpha value is -0.846. The summed E-state index contributed by atoms with van der Waals surface area (Å²) >= 11 is 6.00. The summed E-state index contributed by atoms with van der Waals surface area (Å²) < 4.78 is 2.80. The fourth-order valence-corrected chi connectivity index (χ4v) is 12.5. The van der Waals surface area contributed by atoms with Gasteiger partial charge >= 0.3 is 39.3 Å². The SMILES string of the molecule is CC(C)c1ccccc1P(c1ccccc1C(C)C)N(C)P(c1ccccc1C(C)C)c1ccccc1C(C)C.[Br][Ni][Br]. The van der Waals surface area contributed by atoms with Gasteiger partial charge in [0, 0.05) is 16.1 Å². The molecule has 0 radical (unpaired) electrons. The molecule has 0 heterocycles. The Morgan fingerprint density at radius 1 is 0.442 bits per heavy atom. The standard InChI is InChI=1S/C37H47NP2.2BrH.Ni/c1-26(2)30-18-10-14-22-34(30)39(35-23-15-11-19-31(35)27(3)4)38(9)40(36-24-16-12-20-32(36)28(5)6)37-25-17-13-21-33(37)29(7)8;;;/h10-29H,1-9H3;2*1H;/q;;;+2/p-2. The van der Waals surface area contributed by atoms with Crippen molar-refractivity contribution in [2.75, 3.05) is 7.05 Å². The third kappa shape index (κ3) is 9.12. The van der Waals surface area contributed by atoms with Crippen LogP contribution in [0.3, 0.4) is 0 Å². The fraction of sp³-hybridized carbons (Fsp3) is 0.351. The number of rotatable bonds is 10. The van der Waals surface area contributed by atoms with Crippen molar-refractivity contribution in [3.63, 3.8) is 0 Å². The number of hydrogen-bond acceptors (Lipinski definition) is 1. The van der Waals surface area contributed by atoms with Gasteiger partial charge in [-0.2, -0.15) is 0 Å². The molecular weight excluding hydrogens is 739 g/mol. The van der Waals surface area contributed by atoms with E-state index < -0.39 is 16.1 Å². The van der Waals surface area contributed by atoms with Gasteiger partial charge in [0.1, 0.15) is 0 Å². The molecule has 0 aliphatic rings. The Bertz CT molecular complexity index is 1230. The summed E-state index contributed by atoms with van der Waals surface area (Å²) in [6.07, 6.45) is 0. The van der Waals surface area contributed by atoms with Gasteiger partial charge in [0.15, 0.2) is 0 Å². The molecule has 0 aliphatic heterocycles.